The van der Waals surface area contributed by atoms with Crippen LogP contribution in [0.25, 0.3) is 22.2 Å². The summed E-state index contributed by atoms with van der Waals surface area (Å²) in [5.41, 5.74) is 7.78. The summed E-state index contributed by atoms with van der Waals surface area (Å²) in [5.74, 6) is 0.535. The number of aliphatic hydroxyl groups excluding tert-OH is 1. The van der Waals surface area contributed by atoms with Gasteiger partial charge in [0, 0.05) is 31.5 Å². The highest BCUT2D eigenvalue weighted by molar-refractivity contribution is 5.96. The van der Waals surface area contributed by atoms with Gasteiger partial charge in [0.25, 0.3) is 0 Å². The first kappa shape index (κ1) is 35.5. The number of carboxylic acid groups (broad SMARTS) is 1. The third-order valence-electron chi connectivity index (χ3n) is 8.23. The summed E-state index contributed by atoms with van der Waals surface area (Å²) in [6.45, 7) is 0.824. The monoisotopic (exact) mass is 660 g/mol. The van der Waals surface area contributed by atoms with Gasteiger partial charge in [0.05, 0.1) is 17.5 Å². The standard InChI is InChI=1S/C36H36N4O6.2FH/c41-30-15-13-26(27-14-17-33(43)40-35(27)30)31(42)21-37-20-23-11-16-32-29(19-23)38-34(46-32)9-5-4-6-22-10-12-25(24-7-2-1-3-8-24)28(18-22)39-36(44)45;;/h1-3,7-8,10-13,15-16,18-19,31,37,39,41-42H,4-6,9,14,17,20-21H2,(H,40,43)(H,44,45);2*1H/t31-;;/m0../s1. The number of hydrogen-bond donors (Lipinski definition) is 6. The van der Waals surface area contributed by atoms with Crippen LogP contribution in [0.4, 0.5) is 25.6 Å². The van der Waals surface area contributed by atoms with Crippen molar-refractivity contribution in [3.05, 3.63) is 107 Å². The largest absolute Gasteiger partial charge is 0.506 e. The Morgan fingerprint density at radius 2 is 1.71 bits per heavy atom. The molecule has 1 aromatic heterocycles. The Morgan fingerprint density at radius 1 is 0.938 bits per heavy atom. The second kappa shape index (κ2) is 16.0. The number of unbranched alkanes of at least 4 members (excludes halogenated alkanes) is 1. The molecule has 1 atom stereocenters. The summed E-state index contributed by atoms with van der Waals surface area (Å²) in [6, 6.07) is 24.7. The number of benzene rings is 4. The van der Waals surface area contributed by atoms with E-state index in [2.05, 4.69) is 20.9 Å². The van der Waals surface area contributed by atoms with Crippen molar-refractivity contribution in [2.24, 2.45) is 0 Å². The predicted molar refractivity (Wildman–Crippen MR) is 181 cm³/mol. The maximum atomic E-state index is 11.8. The molecule has 0 radical (unpaired) electrons. The fourth-order valence-electron chi connectivity index (χ4n) is 5.95. The fraction of sp³-hybridized carbons (Fsp3) is 0.250. The molecule has 10 nitrogen and oxygen atoms in total. The summed E-state index contributed by atoms with van der Waals surface area (Å²) in [6.07, 6.45) is 2.15. The van der Waals surface area contributed by atoms with Gasteiger partial charge < -0.3 is 30.4 Å². The van der Waals surface area contributed by atoms with Crippen LogP contribution in [0, 0.1) is 0 Å². The summed E-state index contributed by atoms with van der Waals surface area (Å²) < 4.78 is 5.98. The first-order valence-corrected chi connectivity index (χ1v) is 15.4. The van der Waals surface area contributed by atoms with Crippen molar-refractivity contribution in [3.63, 3.8) is 0 Å². The number of carbonyl (C=O) groups excluding carboxylic acids is 1. The molecule has 6 N–H and O–H groups in total. The van der Waals surface area contributed by atoms with E-state index >= 15 is 0 Å². The van der Waals surface area contributed by atoms with Gasteiger partial charge in [0.2, 0.25) is 5.91 Å². The lowest BCUT2D eigenvalue weighted by atomic mass is 9.93. The maximum absolute atomic E-state index is 11.8. The number of rotatable bonds is 12. The van der Waals surface area contributed by atoms with Crippen LogP contribution >= 0.6 is 0 Å². The number of hydrogen-bond acceptors (Lipinski definition) is 7. The van der Waals surface area contributed by atoms with Crippen molar-refractivity contribution >= 4 is 34.5 Å². The number of carbonyl (C=O) groups is 2. The fourth-order valence-corrected chi connectivity index (χ4v) is 5.95. The average molecular weight is 661 g/mol. The Bertz CT molecular complexity index is 1880. The normalized spacial score (nSPS) is 12.7. The van der Waals surface area contributed by atoms with Gasteiger partial charge in [-0.1, -0.05) is 54.6 Å². The molecule has 5 aromatic rings. The quantitative estimate of drug-likeness (QED) is 0.0626. The third kappa shape index (κ3) is 8.33. The highest BCUT2D eigenvalue weighted by atomic mass is 19.0. The molecule has 6 rings (SSSR count). The number of nitrogens with one attached hydrogen (secondary N) is 3. The van der Waals surface area contributed by atoms with E-state index < -0.39 is 12.2 Å². The molecular formula is C36H38F2N4O6. The molecule has 0 aliphatic carbocycles. The van der Waals surface area contributed by atoms with Gasteiger partial charge >= 0.3 is 6.09 Å². The van der Waals surface area contributed by atoms with Crippen molar-refractivity contribution in [1.29, 1.82) is 0 Å². The van der Waals surface area contributed by atoms with Crippen molar-refractivity contribution in [2.75, 3.05) is 17.2 Å². The lowest BCUT2D eigenvalue weighted by molar-refractivity contribution is -0.116. The summed E-state index contributed by atoms with van der Waals surface area (Å²) in [7, 11) is 0. The van der Waals surface area contributed by atoms with E-state index in [4.69, 9.17) is 4.42 Å². The molecule has 1 aliphatic rings. The van der Waals surface area contributed by atoms with Gasteiger partial charge in [-0.05, 0) is 77.8 Å². The van der Waals surface area contributed by atoms with Crippen LogP contribution in [-0.4, -0.2) is 38.8 Å². The van der Waals surface area contributed by atoms with Crippen molar-refractivity contribution < 1.29 is 38.7 Å². The second-order valence-electron chi connectivity index (χ2n) is 11.5. The van der Waals surface area contributed by atoms with E-state index in [1.165, 1.54) is 6.07 Å². The first-order chi connectivity index (χ1) is 22.3. The Morgan fingerprint density at radius 3 is 2.50 bits per heavy atom. The van der Waals surface area contributed by atoms with Crippen molar-refractivity contribution in [2.45, 2.75) is 51.2 Å². The first-order valence-electron chi connectivity index (χ1n) is 15.4. The number of amides is 2. The highest BCUT2D eigenvalue weighted by Gasteiger charge is 2.24. The zero-order valence-electron chi connectivity index (χ0n) is 26.1. The predicted octanol–water partition coefficient (Wildman–Crippen LogP) is 6.87. The molecule has 2 heterocycles. The van der Waals surface area contributed by atoms with E-state index in [1.807, 2.05) is 66.7 Å². The molecule has 0 unspecified atom stereocenters. The Labute approximate surface area is 275 Å². The Hall–Kier alpha value is -5.33. The van der Waals surface area contributed by atoms with E-state index in [1.54, 1.807) is 6.07 Å². The van der Waals surface area contributed by atoms with Crippen LogP contribution < -0.4 is 16.0 Å². The number of phenols is 1. The number of aliphatic hydroxyl groups is 1. The lowest BCUT2D eigenvalue weighted by Gasteiger charge is -2.23. The van der Waals surface area contributed by atoms with E-state index in [-0.39, 0.29) is 21.1 Å². The summed E-state index contributed by atoms with van der Waals surface area (Å²) in [4.78, 5) is 27.9. The van der Waals surface area contributed by atoms with Gasteiger partial charge in [-0.3, -0.25) is 19.5 Å². The SMILES string of the molecule is F.F.O=C(O)Nc1cc(CCCCc2nc3cc(CNC[C@H](O)c4ccc(O)c5c4CCC(=O)N5)ccc3o2)ccc1-c1ccccc1. The van der Waals surface area contributed by atoms with Crippen LogP contribution in [0.2, 0.25) is 0 Å². The van der Waals surface area contributed by atoms with Crippen molar-refractivity contribution in [3.8, 4) is 16.9 Å². The van der Waals surface area contributed by atoms with E-state index in [0.29, 0.717) is 55.2 Å². The Balaban J connectivity index is 0.00000260. The molecule has 48 heavy (non-hydrogen) atoms. The third-order valence-corrected chi connectivity index (χ3v) is 8.23. The van der Waals surface area contributed by atoms with Crippen molar-refractivity contribution in [1.82, 2.24) is 10.3 Å². The number of fused-ring (bicyclic) bond motifs is 2. The maximum Gasteiger partial charge on any atom is 0.409 e. The molecule has 4 aromatic carbocycles. The molecule has 252 valence electrons. The average Bonchev–Trinajstić information content (AvgIpc) is 3.46. The molecule has 0 fully saturated rings. The van der Waals surface area contributed by atoms with Crippen LogP contribution in [-0.2, 0) is 30.6 Å². The summed E-state index contributed by atoms with van der Waals surface area (Å²) in [5, 5.41) is 38.9. The zero-order chi connectivity index (χ0) is 32.0. The van der Waals surface area contributed by atoms with Crippen LogP contribution in [0.5, 0.6) is 5.75 Å². The van der Waals surface area contributed by atoms with Crippen LogP contribution in [0.3, 0.4) is 0 Å². The van der Waals surface area contributed by atoms with Gasteiger partial charge in [0.15, 0.2) is 11.5 Å². The van der Waals surface area contributed by atoms with Gasteiger partial charge in [-0.15, -0.1) is 0 Å². The number of aromatic nitrogens is 1. The van der Waals surface area contributed by atoms with Gasteiger partial charge in [-0.25, -0.2) is 9.78 Å². The molecule has 0 bridgehead atoms. The molecule has 2 amide bonds. The van der Waals surface area contributed by atoms with Gasteiger partial charge in [0.1, 0.15) is 11.3 Å². The van der Waals surface area contributed by atoms with Crippen LogP contribution in [0.1, 0.15) is 53.5 Å². The number of aromatic hydroxyl groups is 1. The minimum Gasteiger partial charge on any atom is -0.506 e. The molecule has 0 saturated carbocycles. The summed E-state index contributed by atoms with van der Waals surface area (Å²) >= 11 is 0. The molecule has 0 saturated heterocycles. The molecule has 12 heteroatoms. The van der Waals surface area contributed by atoms with Gasteiger partial charge in [-0.2, -0.15) is 0 Å². The minimum absolute atomic E-state index is 0. The molecule has 0 spiro atoms. The smallest absolute Gasteiger partial charge is 0.409 e. The van der Waals surface area contributed by atoms with E-state index in [0.717, 1.165) is 58.2 Å². The number of anilines is 2. The highest BCUT2D eigenvalue weighted by Crippen LogP contribution is 2.36. The number of halogens is 2. The lowest BCUT2D eigenvalue weighted by Crippen LogP contribution is -2.25. The topological polar surface area (TPSA) is 157 Å². The minimum atomic E-state index is -1.09. The number of oxazole rings is 1. The Kier molecular flexibility index (Phi) is 11.8. The second-order valence-corrected chi connectivity index (χ2v) is 11.5. The van der Waals surface area contributed by atoms with Crippen LogP contribution in [0.15, 0.2) is 83.3 Å². The zero-order valence-corrected chi connectivity index (χ0v) is 26.1. The van der Waals surface area contributed by atoms with E-state index in [9.17, 15) is 24.9 Å². The number of phenolic OH excluding ortho intramolecular Hbond substituents is 1. The molecular weight excluding hydrogens is 622 g/mol. The number of nitrogens with zero attached hydrogens (tertiary/aromatic N) is 1. The number of aryl methyl sites for hydroxylation is 2. The molecule has 1 aliphatic heterocycles.